The topological polar surface area (TPSA) is 83.6 Å². The Hall–Kier alpha value is -2.71. The van der Waals surface area contributed by atoms with E-state index in [1.807, 2.05) is 13.0 Å². The summed E-state index contributed by atoms with van der Waals surface area (Å²) in [5, 5.41) is 11.5. The van der Waals surface area contributed by atoms with Crippen LogP contribution in [0.5, 0.6) is 0 Å². The van der Waals surface area contributed by atoms with Crippen LogP contribution in [0.4, 0.5) is 5.69 Å². The molecule has 29 heavy (non-hydrogen) atoms. The molecule has 3 heterocycles. The number of rotatable bonds is 4. The lowest BCUT2D eigenvalue weighted by atomic mass is 9.99. The van der Waals surface area contributed by atoms with E-state index in [1.165, 1.54) is 16.2 Å². The highest BCUT2D eigenvalue weighted by atomic mass is 79.9. The van der Waals surface area contributed by atoms with Gasteiger partial charge in [-0.3, -0.25) is 14.5 Å². The number of ketones is 1. The van der Waals surface area contributed by atoms with Crippen molar-refractivity contribution >= 4 is 44.6 Å². The zero-order valence-corrected chi connectivity index (χ0v) is 18.3. The number of carbonyl (C=O) groups excluding carboxylic acids is 2. The number of benzene rings is 1. The molecule has 6 nitrogen and oxygen atoms in total. The van der Waals surface area contributed by atoms with Crippen molar-refractivity contribution in [3.63, 3.8) is 0 Å². The minimum absolute atomic E-state index is 0.00363. The van der Waals surface area contributed by atoms with E-state index in [1.54, 1.807) is 44.2 Å². The molecule has 2 aromatic heterocycles. The lowest BCUT2D eigenvalue weighted by Crippen LogP contribution is -2.30. The van der Waals surface area contributed by atoms with Crippen LogP contribution in [0, 0.1) is 20.8 Å². The minimum Gasteiger partial charge on any atom is -0.503 e. The summed E-state index contributed by atoms with van der Waals surface area (Å²) in [5.41, 5.74) is 1.10. The molecule has 148 valence electrons. The molecule has 0 saturated heterocycles. The molecule has 1 aliphatic rings. The number of aryl methyl sites for hydroxylation is 3. The number of thiazole rings is 1. The van der Waals surface area contributed by atoms with Gasteiger partial charge in [0.1, 0.15) is 17.6 Å². The van der Waals surface area contributed by atoms with Crippen molar-refractivity contribution in [3.05, 3.63) is 79.3 Å². The molecule has 1 aromatic carbocycles. The Balaban J connectivity index is 1.89. The van der Waals surface area contributed by atoms with Gasteiger partial charge in [-0.2, -0.15) is 0 Å². The average molecular weight is 473 g/mol. The maximum absolute atomic E-state index is 13.4. The number of nitrogens with zero attached hydrogens (tertiary/aromatic N) is 2. The molecular formula is C21H17BrN2O4S. The van der Waals surface area contributed by atoms with Crippen molar-refractivity contribution in [1.29, 1.82) is 0 Å². The normalized spacial score (nSPS) is 16.8. The largest absolute Gasteiger partial charge is 0.503 e. The highest BCUT2D eigenvalue weighted by molar-refractivity contribution is 9.10. The fourth-order valence-corrected chi connectivity index (χ4v) is 4.72. The summed E-state index contributed by atoms with van der Waals surface area (Å²) in [7, 11) is 0. The second-order valence-corrected chi connectivity index (χ2v) is 8.86. The average Bonchev–Trinajstić information content (AvgIpc) is 3.31. The van der Waals surface area contributed by atoms with E-state index >= 15 is 0 Å². The lowest BCUT2D eigenvalue weighted by Gasteiger charge is -2.25. The van der Waals surface area contributed by atoms with Gasteiger partial charge in [0, 0.05) is 10.2 Å². The van der Waals surface area contributed by atoms with Gasteiger partial charge in [0.05, 0.1) is 21.2 Å². The molecule has 4 rings (SSSR count). The van der Waals surface area contributed by atoms with E-state index in [0.29, 0.717) is 27.8 Å². The smallest absolute Gasteiger partial charge is 0.294 e. The lowest BCUT2D eigenvalue weighted by molar-refractivity contribution is -0.117. The Morgan fingerprint density at radius 3 is 2.59 bits per heavy atom. The first kappa shape index (κ1) is 19.6. The van der Waals surface area contributed by atoms with Crippen molar-refractivity contribution in [2.24, 2.45) is 0 Å². The third-order valence-corrected chi connectivity index (χ3v) is 6.24. The molecule has 8 heteroatoms. The van der Waals surface area contributed by atoms with Crippen molar-refractivity contribution < 1.29 is 19.1 Å². The van der Waals surface area contributed by atoms with Gasteiger partial charge in [0.2, 0.25) is 5.78 Å². The monoisotopic (exact) mass is 472 g/mol. The zero-order valence-electron chi connectivity index (χ0n) is 15.9. The Morgan fingerprint density at radius 1 is 1.24 bits per heavy atom. The minimum atomic E-state index is -0.875. The van der Waals surface area contributed by atoms with Crippen LogP contribution in [-0.2, 0) is 4.79 Å². The number of aliphatic hydroxyl groups excluding tert-OH is 1. The van der Waals surface area contributed by atoms with Gasteiger partial charge in [-0.1, -0.05) is 22.0 Å². The standard InChI is InChI=1S/C21H17BrN2O4S/c1-10-7-8-15(28-10)17-16(18(25)20-11(2)23-12(3)29-20)19(26)21(27)24(17)14-6-4-5-13(22)9-14/h4-9,17,26H,1-3H3. The predicted octanol–water partition coefficient (Wildman–Crippen LogP) is 5.21. The van der Waals surface area contributed by atoms with Crippen LogP contribution in [-0.4, -0.2) is 21.8 Å². The molecule has 0 radical (unpaired) electrons. The molecule has 0 bridgehead atoms. The first-order valence-electron chi connectivity index (χ1n) is 8.85. The van der Waals surface area contributed by atoms with Gasteiger partial charge in [-0.05, 0) is 51.1 Å². The molecule has 1 amide bonds. The third-order valence-electron chi connectivity index (χ3n) is 4.68. The summed E-state index contributed by atoms with van der Waals surface area (Å²) in [6.45, 7) is 5.33. The molecule has 1 atom stereocenters. The van der Waals surface area contributed by atoms with Crippen LogP contribution in [0.3, 0.4) is 0 Å². The summed E-state index contributed by atoms with van der Waals surface area (Å²) in [5.74, 6) is -0.592. The predicted molar refractivity (Wildman–Crippen MR) is 113 cm³/mol. The summed E-state index contributed by atoms with van der Waals surface area (Å²) < 4.78 is 6.55. The van der Waals surface area contributed by atoms with E-state index < -0.39 is 23.5 Å². The van der Waals surface area contributed by atoms with Crippen LogP contribution >= 0.6 is 27.3 Å². The Kier molecular flexibility index (Phi) is 4.92. The Bertz CT molecular complexity index is 1180. The number of aromatic nitrogens is 1. The summed E-state index contributed by atoms with van der Waals surface area (Å²) in [6.07, 6.45) is 0. The highest BCUT2D eigenvalue weighted by Crippen LogP contribution is 2.43. The van der Waals surface area contributed by atoms with Crippen LogP contribution in [0.25, 0.3) is 0 Å². The maximum atomic E-state index is 13.4. The van der Waals surface area contributed by atoms with Crippen molar-refractivity contribution in [3.8, 4) is 0 Å². The number of aliphatic hydroxyl groups is 1. The second-order valence-electron chi connectivity index (χ2n) is 6.74. The quantitative estimate of drug-likeness (QED) is 0.527. The van der Waals surface area contributed by atoms with Crippen molar-refractivity contribution in [2.75, 3.05) is 4.90 Å². The van der Waals surface area contributed by atoms with Crippen LogP contribution < -0.4 is 4.90 Å². The number of Topliss-reactive ketones (excluding diaryl/α,β-unsaturated/α-hetero) is 1. The molecule has 3 aromatic rings. The fraction of sp³-hybridized carbons (Fsp3) is 0.190. The van der Waals surface area contributed by atoms with Crippen molar-refractivity contribution in [1.82, 2.24) is 4.98 Å². The molecule has 0 fully saturated rings. The number of hydrogen-bond donors (Lipinski definition) is 1. The van der Waals surface area contributed by atoms with E-state index in [9.17, 15) is 14.7 Å². The fourth-order valence-electron chi connectivity index (χ4n) is 3.46. The van der Waals surface area contributed by atoms with Gasteiger partial charge in [0.15, 0.2) is 5.76 Å². The second kappa shape index (κ2) is 7.27. The molecular weight excluding hydrogens is 456 g/mol. The summed E-state index contributed by atoms with van der Waals surface area (Å²) in [4.78, 5) is 32.5. The first-order chi connectivity index (χ1) is 13.8. The van der Waals surface area contributed by atoms with Crippen LogP contribution in [0.1, 0.15) is 37.9 Å². The number of hydrogen-bond acceptors (Lipinski definition) is 6. The molecule has 0 spiro atoms. The SMILES string of the molecule is Cc1ccc(C2C(C(=O)c3sc(C)nc3C)=C(O)C(=O)N2c2cccc(Br)c2)o1. The number of amides is 1. The van der Waals surface area contributed by atoms with E-state index in [0.717, 1.165) is 9.48 Å². The number of carbonyl (C=O) groups is 2. The highest BCUT2D eigenvalue weighted by Gasteiger charge is 2.46. The van der Waals surface area contributed by atoms with Gasteiger partial charge >= 0.3 is 0 Å². The Morgan fingerprint density at radius 2 is 2.00 bits per heavy atom. The van der Waals surface area contributed by atoms with Crippen molar-refractivity contribution in [2.45, 2.75) is 26.8 Å². The van der Waals surface area contributed by atoms with Crippen LogP contribution in [0.15, 0.2) is 56.6 Å². The van der Waals surface area contributed by atoms with E-state index in [2.05, 4.69) is 20.9 Å². The molecule has 1 N–H and O–H groups in total. The van der Waals surface area contributed by atoms with Gasteiger partial charge < -0.3 is 9.52 Å². The van der Waals surface area contributed by atoms with E-state index in [4.69, 9.17) is 4.42 Å². The summed E-state index contributed by atoms with van der Waals surface area (Å²) >= 11 is 4.65. The molecule has 1 aliphatic heterocycles. The third kappa shape index (κ3) is 3.32. The number of furan rings is 1. The van der Waals surface area contributed by atoms with E-state index in [-0.39, 0.29) is 5.57 Å². The zero-order chi connectivity index (χ0) is 20.9. The maximum Gasteiger partial charge on any atom is 0.294 e. The molecule has 1 unspecified atom stereocenters. The number of halogens is 1. The molecule has 0 saturated carbocycles. The molecule has 0 aliphatic carbocycles. The first-order valence-corrected chi connectivity index (χ1v) is 10.5. The van der Waals surface area contributed by atoms with Gasteiger partial charge in [-0.15, -0.1) is 11.3 Å². The number of anilines is 1. The van der Waals surface area contributed by atoms with Gasteiger partial charge in [-0.25, -0.2) is 4.98 Å². The van der Waals surface area contributed by atoms with Crippen LogP contribution in [0.2, 0.25) is 0 Å². The summed E-state index contributed by atoms with van der Waals surface area (Å²) in [6, 6.07) is 9.72. The van der Waals surface area contributed by atoms with Gasteiger partial charge in [0.25, 0.3) is 5.91 Å². The Labute approximate surface area is 179 Å².